The quantitative estimate of drug-likeness (QED) is 0.139. The summed E-state index contributed by atoms with van der Waals surface area (Å²) in [5.74, 6) is 0. The third-order valence-corrected chi connectivity index (χ3v) is 18.7. The molecule has 1 nitrogen and oxygen atoms in total. The standard InChI is InChI=1S/C22H18Br6OSi/c23-20(24)22(27,28)21(25,26)16-29-30(17-10-4-1-5-11-17,18-12-6-2-7-13-18)19-14-8-3-9-15-19/h1-15,20H,16H2. The molecule has 0 saturated heterocycles. The third kappa shape index (κ3) is 5.27. The van der Waals surface area contributed by atoms with Crippen LogP contribution < -0.4 is 15.6 Å². The first-order valence-electron chi connectivity index (χ1n) is 9.06. The van der Waals surface area contributed by atoms with E-state index in [1.807, 2.05) is 18.2 Å². The van der Waals surface area contributed by atoms with Gasteiger partial charge in [0.25, 0.3) is 8.32 Å². The molecule has 30 heavy (non-hydrogen) atoms. The van der Waals surface area contributed by atoms with E-state index < -0.39 is 14.8 Å². The number of hydrogen-bond acceptors (Lipinski definition) is 1. The number of rotatable bonds is 8. The van der Waals surface area contributed by atoms with E-state index in [9.17, 15) is 0 Å². The molecule has 0 bridgehead atoms. The van der Waals surface area contributed by atoms with E-state index in [1.165, 1.54) is 15.6 Å². The van der Waals surface area contributed by atoms with Gasteiger partial charge in [-0.3, -0.25) is 0 Å². The first kappa shape index (κ1) is 25.3. The van der Waals surface area contributed by atoms with Crippen molar-refractivity contribution >= 4 is 119 Å². The van der Waals surface area contributed by atoms with Crippen LogP contribution in [0.25, 0.3) is 0 Å². The van der Waals surface area contributed by atoms with Gasteiger partial charge in [-0.15, -0.1) is 0 Å². The lowest BCUT2D eigenvalue weighted by Crippen LogP contribution is -2.70. The Kier molecular flexibility index (Phi) is 9.09. The summed E-state index contributed by atoms with van der Waals surface area (Å²) in [6.45, 7) is 0.391. The molecule has 8 heteroatoms. The molecule has 0 spiro atoms. The van der Waals surface area contributed by atoms with Crippen LogP contribution in [0.15, 0.2) is 91.0 Å². The lowest BCUT2D eigenvalue weighted by atomic mass is 10.3. The second kappa shape index (κ2) is 10.8. The highest BCUT2D eigenvalue weighted by Gasteiger charge is 2.52. The Labute approximate surface area is 229 Å². The van der Waals surface area contributed by atoms with E-state index in [2.05, 4.69) is 168 Å². The molecule has 0 amide bonds. The van der Waals surface area contributed by atoms with E-state index >= 15 is 0 Å². The summed E-state index contributed by atoms with van der Waals surface area (Å²) < 4.78 is 5.80. The first-order valence-corrected chi connectivity index (χ1v) is 16.0. The molecule has 158 valence electrons. The zero-order chi connectivity index (χ0) is 21.8. The van der Waals surface area contributed by atoms with Gasteiger partial charge in [-0.2, -0.15) is 0 Å². The smallest absolute Gasteiger partial charge is 0.288 e. The molecule has 3 aromatic carbocycles. The molecular weight excluding hydrogens is 788 g/mol. The average molecular weight is 806 g/mol. The SMILES string of the molecule is BrC(Br)C(Br)(Br)C(Br)(Br)CO[Si](c1ccccc1)(c1ccccc1)c1ccccc1. The predicted molar refractivity (Wildman–Crippen MR) is 153 cm³/mol. The van der Waals surface area contributed by atoms with Gasteiger partial charge in [-0.05, 0) is 15.6 Å². The Balaban J connectivity index is 2.17. The monoisotopic (exact) mass is 800 g/mol. The molecule has 0 radical (unpaired) electrons. The minimum atomic E-state index is -2.78. The molecule has 0 aliphatic heterocycles. The molecule has 3 aromatic rings. The van der Waals surface area contributed by atoms with Crippen LogP contribution in [0.4, 0.5) is 0 Å². The maximum atomic E-state index is 7.03. The van der Waals surface area contributed by atoms with Crippen LogP contribution in [0, 0.1) is 0 Å². The highest BCUT2D eigenvalue weighted by molar-refractivity contribution is 9.32. The van der Waals surface area contributed by atoms with Crippen molar-refractivity contribution in [2.24, 2.45) is 0 Å². The molecule has 0 aliphatic rings. The van der Waals surface area contributed by atoms with Gasteiger partial charge in [0.2, 0.25) is 0 Å². The summed E-state index contributed by atoms with van der Waals surface area (Å²) >= 11 is 22.4. The molecule has 0 aliphatic carbocycles. The first-order chi connectivity index (χ1) is 14.2. The van der Waals surface area contributed by atoms with Crippen molar-refractivity contribution in [2.45, 2.75) is 10.2 Å². The summed E-state index contributed by atoms with van der Waals surface area (Å²) in [7, 11) is -2.78. The highest BCUT2D eigenvalue weighted by atomic mass is 79.9. The number of halogens is 6. The van der Waals surface area contributed by atoms with Gasteiger partial charge in [-0.1, -0.05) is 187 Å². The van der Waals surface area contributed by atoms with Crippen LogP contribution in [0.2, 0.25) is 0 Å². The van der Waals surface area contributed by atoms with E-state index in [-0.39, 0.29) is 3.74 Å². The van der Waals surface area contributed by atoms with Crippen molar-refractivity contribution < 1.29 is 4.43 Å². The second-order valence-corrected chi connectivity index (χ2v) is 20.5. The Bertz CT molecular complexity index is 839. The Morgan fingerprint density at radius 1 is 0.633 bits per heavy atom. The van der Waals surface area contributed by atoms with Crippen molar-refractivity contribution in [3.05, 3.63) is 91.0 Å². The van der Waals surface area contributed by atoms with E-state index in [1.54, 1.807) is 0 Å². The van der Waals surface area contributed by atoms with Gasteiger partial charge in [0.1, 0.15) is 6.47 Å². The van der Waals surface area contributed by atoms with Crippen molar-refractivity contribution in [3.63, 3.8) is 0 Å². The average Bonchev–Trinajstić information content (AvgIpc) is 2.76. The highest BCUT2D eigenvalue weighted by Crippen LogP contribution is 2.54. The van der Waals surface area contributed by atoms with Gasteiger partial charge in [0.05, 0.1) is 10.3 Å². The summed E-state index contributed by atoms with van der Waals surface area (Å²) in [6.07, 6.45) is 0. The van der Waals surface area contributed by atoms with E-state index in [0.29, 0.717) is 6.61 Å². The van der Waals surface area contributed by atoms with Gasteiger partial charge in [-0.25, -0.2) is 0 Å². The summed E-state index contributed by atoms with van der Waals surface area (Å²) in [6, 6.07) is 31.6. The fraction of sp³-hybridized carbons (Fsp3) is 0.182. The van der Waals surface area contributed by atoms with Crippen LogP contribution >= 0.6 is 95.6 Å². The number of alkyl halides is 6. The van der Waals surface area contributed by atoms with E-state index in [0.717, 1.165) is 0 Å². The Hall–Kier alpha value is 0.717. The zero-order valence-corrected chi connectivity index (χ0v) is 26.1. The Morgan fingerprint density at radius 3 is 1.27 bits per heavy atom. The number of hydrogen-bond donors (Lipinski definition) is 0. The van der Waals surface area contributed by atoms with E-state index in [4.69, 9.17) is 4.43 Å². The fourth-order valence-electron chi connectivity index (χ4n) is 3.22. The van der Waals surface area contributed by atoms with Gasteiger partial charge in [0, 0.05) is 0 Å². The van der Waals surface area contributed by atoms with Crippen molar-refractivity contribution in [1.82, 2.24) is 0 Å². The van der Waals surface area contributed by atoms with Crippen LogP contribution in [-0.4, -0.2) is 25.1 Å². The molecule has 0 unspecified atom stereocenters. The van der Waals surface area contributed by atoms with Gasteiger partial charge in [0.15, 0.2) is 0 Å². The molecule has 0 fully saturated rings. The fourth-order valence-corrected chi connectivity index (χ4v) is 10.5. The minimum Gasteiger partial charge on any atom is -0.402 e. The van der Waals surface area contributed by atoms with Gasteiger partial charge < -0.3 is 4.43 Å². The molecule has 0 heterocycles. The van der Waals surface area contributed by atoms with Crippen LogP contribution in [0.3, 0.4) is 0 Å². The second-order valence-electron chi connectivity index (χ2n) is 6.70. The topological polar surface area (TPSA) is 9.23 Å². The summed E-state index contributed by atoms with van der Waals surface area (Å²) in [4.78, 5) is 0. The van der Waals surface area contributed by atoms with Crippen LogP contribution in [-0.2, 0) is 4.43 Å². The van der Waals surface area contributed by atoms with Crippen LogP contribution in [0.1, 0.15) is 0 Å². The maximum absolute atomic E-state index is 7.03. The van der Waals surface area contributed by atoms with Crippen molar-refractivity contribution in [2.75, 3.05) is 6.61 Å². The molecule has 0 aromatic heterocycles. The largest absolute Gasteiger partial charge is 0.402 e. The predicted octanol–water partition coefficient (Wildman–Crippen LogP) is 6.76. The maximum Gasteiger partial charge on any atom is 0.288 e. The lowest BCUT2D eigenvalue weighted by molar-refractivity contribution is 0.314. The normalized spacial score (nSPS) is 12.9. The summed E-state index contributed by atoms with van der Waals surface area (Å²) in [5.41, 5.74) is 0. The lowest BCUT2D eigenvalue weighted by Gasteiger charge is -2.40. The molecule has 3 rings (SSSR count). The number of benzene rings is 3. The third-order valence-electron chi connectivity index (χ3n) is 4.77. The van der Waals surface area contributed by atoms with Gasteiger partial charge >= 0.3 is 0 Å². The molecule has 0 saturated carbocycles. The molecule has 0 atom stereocenters. The molecular formula is C22H18Br6OSi. The molecule has 0 N–H and O–H groups in total. The summed E-state index contributed by atoms with van der Waals surface area (Å²) in [5, 5.41) is 3.59. The zero-order valence-electron chi connectivity index (χ0n) is 15.6. The minimum absolute atomic E-state index is 0.0684. The van der Waals surface area contributed by atoms with Crippen molar-refractivity contribution in [3.8, 4) is 0 Å². The Morgan fingerprint density at radius 2 is 0.967 bits per heavy atom. The van der Waals surface area contributed by atoms with Crippen molar-refractivity contribution in [1.29, 1.82) is 0 Å². The van der Waals surface area contributed by atoms with Crippen LogP contribution in [0.5, 0.6) is 0 Å².